The van der Waals surface area contributed by atoms with Gasteiger partial charge in [-0.2, -0.15) is 5.10 Å². The summed E-state index contributed by atoms with van der Waals surface area (Å²) in [4.78, 5) is 15.4. The van der Waals surface area contributed by atoms with Gasteiger partial charge in [0.05, 0.1) is 23.5 Å². The van der Waals surface area contributed by atoms with E-state index in [1.807, 2.05) is 31.6 Å². The summed E-state index contributed by atoms with van der Waals surface area (Å²) in [5, 5.41) is 10.8. The first-order chi connectivity index (χ1) is 12.7. The second kappa shape index (κ2) is 7.50. The number of aromatic nitrogens is 2. The SMILES string of the molecule is Cn1cc([C@H]2CNC[C@@H]2C(=O)Nc2ccccc2N2CCCCC2)cn1. The lowest BCUT2D eigenvalue weighted by Gasteiger charge is -2.31. The molecule has 0 saturated carbocycles. The first kappa shape index (κ1) is 17.1. The van der Waals surface area contributed by atoms with Crippen molar-refractivity contribution in [2.45, 2.75) is 25.2 Å². The molecule has 2 N–H and O–H groups in total. The summed E-state index contributed by atoms with van der Waals surface area (Å²) in [5.41, 5.74) is 3.20. The van der Waals surface area contributed by atoms with E-state index in [9.17, 15) is 4.79 Å². The van der Waals surface area contributed by atoms with Crippen molar-refractivity contribution in [1.82, 2.24) is 15.1 Å². The van der Waals surface area contributed by atoms with Crippen LogP contribution in [0, 0.1) is 5.92 Å². The molecule has 2 fully saturated rings. The molecule has 2 aliphatic heterocycles. The van der Waals surface area contributed by atoms with Gasteiger partial charge in [-0.3, -0.25) is 9.48 Å². The number of aryl methyl sites for hydroxylation is 1. The molecule has 3 heterocycles. The highest BCUT2D eigenvalue weighted by Gasteiger charge is 2.35. The Morgan fingerprint density at radius 1 is 1.19 bits per heavy atom. The molecule has 2 aromatic rings. The first-order valence-electron chi connectivity index (χ1n) is 9.56. The van der Waals surface area contributed by atoms with E-state index in [-0.39, 0.29) is 17.7 Å². The second-order valence-electron chi connectivity index (χ2n) is 7.37. The molecule has 0 aliphatic carbocycles. The van der Waals surface area contributed by atoms with E-state index in [1.165, 1.54) is 19.3 Å². The zero-order valence-corrected chi connectivity index (χ0v) is 15.3. The Labute approximate surface area is 154 Å². The molecule has 0 bridgehead atoms. The maximum absolute atomic E-state index is 13.0. The maximum atomic E-state index is 13.0. The molecule has 2 aliphatic rings. The number of nitrogens with one attached hydrogen (secondary N) is 2. The highest BCUT2D eigenvalue weighted by molar-refractivity contribution is 5.96. The third-order valence-electron chi connectivity index (χ3n) is 5.56. The molecule has 0 spiro atoms. The van der Waals surface area contributed by atoms with Gasteiger partial charge in [-0.25, -0.2) is 0 Å². The van der Waals surface area contributed by atoms with Crippen LogP contribution in [0.15, 0.2) is 36.7 Å². The van der Waals surface area contributed by atoms with Crippen molar-refractivity contribution in [3.05, 3.63) is 42.2 Å². The van der Waals surface area contributed by atoms with Crippen molar-refractivity contribution >= 4 is 17.3 Å². The van der Waals surface area contributed by atoms with Gasteiger partial charge in [0.25, 0.3) is 0 Å². The highest BCUT2D eigenvalue weighted by atomic mass is 16.2. The average molecular weight is 353 g/mol. The third kappa shape index (κ3) is 3.46. The fraction of sp³-hybridized carbons (Fsp3) is 0.500. The van der Waals surface area contributed by atoms with Crippen molar-refractivity contribution in [3.63, 3.8) is 0 Å². The average Bonchev–Trinajstić information content (AvgIpc) is 3.31. The lowest BCUT2D eigenvalue weighted by atomic mass is 9.90. The lowest BCUT2D eigenvalue weighted by Crippen LogP contribution is -2.32. The topological polar surface area (TPSA) is 62.2 Å². The summed E-state index contributed by atoms with van der Waals surface area (Å²) in [6, 6.07) is 8.18. The third-order valence-corrected chi connectivity index (χ3v) is 5.56. The molecule has 1 aromatic heterocycles. The Morgan fingerprint density at radius 2 is 2.00 bits per heavy atom. The Morgan fingerprint density at radius 3 is 2.77 bits per heavy atom. The Bertz CT molecular complexity index is 765. The largest absolute Gasteiger partial charge is 0.370 e. The molecular formula is C20H27N5O. The van der Waals surface area contributed by atoms with Gasteiger partial charge in [0.1, 0.15) is 0 Å². The maximum Gasteiger partial charge on any atom is 0.229 e. The van der Waals surface area contributed by atoms with Crippen molar-refractivity contribution in [2.75, 3.05) is 36.4 Å². The number of piperidine rings is 1. The van der Waals surface area contributed by atoms with Crippen molar-refractivity contribution in [3.8, 4) is 0 Å². The molecule has 2 saturated heterocycles. The summed E-state index contributed by atoms with van der Waals surface area (Å²) in [7, 11) is 1.91. The molecule has 2 atom stereocenters. The number of carbonyl (C=O) groups excluding carboxylic acids is 1. The number of benzene rings is 1. The van der Waals surface area contributed by atoms with Crippen LogP contribution in [0.1, 0.15) is 30.7 Å². The Kier molecular flexibility index (Phi) is 4.93. The van der Waals surface area contributed by atoms with Crippen molar-refractivity contribution in [1.29, 1.82) is 0 Å². The van der Waals surface area contributed by atoms with Gasteiger partial charge in [0.2, 0.25) is 5.91 Å². The molecule has 1 aromatic carbocycles. The number of nitrogens with zero attached hydrogens (tertiary/aromatic N) is 3. The summed E-state index contributed by atoms with van der Waals surface area (Å²) in [6.45, 7) is 3.65. The van der Waals surface area contributed by atoms with Crippen LogP contribution in [-0.4, -0.2) is 41.9 Å². The Hall–Kier alpha value is -2.34. The highest BCUT2D eigenvalue weighted by Crippen LogP contribution is 2.32. The van der Waals surface area contributed by atoms with Crippen molar-refractivity contribution in [2.24, 2.45) is 13.0 Å². The zero-order chi connectivity index (χ0) is 17.9. The van der Waals surface area contributed by atoms with E-state index in [4.69, 9.17) is 0 Å². The van der Waals surface area contributed by atoms with Crippen LogP contribution in [0.3, 0.4) is 0 Å². The van der Waals surface area contributed by atoms with Gasteiger partial charge < -0.3 is 15.5 Å². The standard InChI is InChI=1S/C20H27N5O/c1-24-14-15(11-22-24)16-12-21-13-17(16)20(26)23-18-7-3-4-8-19(18)25-9-5-2-6-10-25/h3-4,7-8,11,14,16-17,21H,2,5-6,9-10,12-13H2,1H3,(H,23,26)/t16-,17+/m1/s1. The summed E-state index contributed by atoms with van der Waals surface area (Å²) in [5.74, 6) is 0.188. The number of hydrogen-bond donors (Lipinski definition) is 2. The summed E-state index contributed by atoms with van der Waals surface area (Å²) in [6.07, 6.45) is 7.63. The van der Waals surface area contributed by atoms with Gasteiger partial charge in [-0.15, -0.1) is 0 Å². The molecule has 1 amide bonds. The quantitative estimate of drug-likeness (QED) is 0.886. The van der Waals surface area contributed by atoms with Gasteiger partial charge in [0, 0.05) is 45.3 Å². The van der Waals surface area contributed by atoms with Crippen LogP contribution in [0.2, 0.25) is 0 Å². The fourth-order valence-electron chi connectivity index (χ4n) is 4.15. The number of amides is 1. The number of carbonyl (C=O) groups is 1. The van der Waals surface area contributed by atoms with Gasteiger partial charge in [0.15, 0.2) is 0 Å². The predicted molar refractivity (Wildman–Crippen MR) is 103 cm³/mol. The van der Waals surface area contributed by atoms with E-state index in [0.29, 0.717) is 6.54 Å². The number of para-hydroxylation sites is 2. The van der Waals surface area contributed by atoms with E-state index in [1.54, 1.807) is 4.68 Å². The molecule has 0 unspecified atom stereocenters. The minimum atomic E-state index is -0.0754. The van der Waals surface area contributed by atoms with Gasteiger partial charge in [-0.1, -0.05) is 12.1 Å². The van der Waals surface area contributed by atoms with E-state index in [2.05, 4.69) is 32.8 Å². The predicted octanol–water partition coefficient (Wildman–Crippen LogP) is 2.35. The normalized spacial score (nSPS) is 23.2. The minimum Gasteiger partial charge on any atom is -0.370 e. The first-order valence-corrected chi connectivity index (χ1v) is 9.56. The number of rotatable bonds is 4. The van der Waals surface area contributed by atoms with E-state index < -0.39 is 0 Å². The second-order valence-corrected chi connectivity index (χ2v) is 7.37. The molecule has 6 heteroatoms. The van der Waals surface area contributed by atoms with Gasteiger partial charge in [-0.05, 0) is 37.0 Å². The fourth-order valence-corrected chi connectivity index (χ4v) is 4.15. The van der Waals surface area contributed by atoms with Gasteiger partial charge >= 0.3 is 0 Å². The zero-order valence-electron chi connectivity index (χ0n) is 15.3. The monoisotopic (exact) mass is 353 g/mol. The molecular weight excluding hydrogens is 326 g/mol. The van der Waals surface area contributed by atoms with Crippen LogP contribution >= 0.6 is 0 Å². The summed E-state index contributed by atoms with van der Waals surface area (Å²) >= 11 is 0. The number of hydrogen-bond acceptors (Lipinski definition) is 4. The molecule has 6 nitrogen and oxygen atoms in total. The Balaban J connectivity index is 1.51. The van der Waals surface area contributed by atoms with Crippen LogP contribution < -0.4 is 15.5 Å². The van der Waals surface area contributed by atoms with Crippen LogP contribution in [-0.2, 0) is 11.8 Å². The summed E-state index contributed by atoms with van der Waals surface area (Å²) < 4.78 is 1.80. The van der Waals surface area contributed by atoms with Crippen LogP contribution in [0.5, 0.6) is 0 Å². The number of anilines is 2. The minimum absolute atomic E-state index is 0.0754. The lowest BCUT2D eigenvalue weighted by molar-refractivity contribution is -0.119. The van der Waals surface area contributed by atoms with E-state index >= 15 is 0 Å². The molecule has 26 heavy (non-hydrogen) atoms. The molecule has 4 rings (SSSR count). The van der Waals surface area contributed by atoms with E-state index in [0.717, 1.165) is 36.6 Å². The smallest absolute Gasteiger partial charge is 0.229 e. The van der Waals surface area contributed by atoms with Crippen LogP contribution in [0.25, 0.3) is 0 Å². The molecule has 138 valence electrons. The van der Waals surface area contributed by atoms with Crippen LogP contribution in [0.4, 0.5) is 11.4 Å². The molecule has 0 radical (unpaired) electrons. The van der Waals surface area contributed by atoms with Crippen molar-refractivity contribution < 1.29 is 4.79 Å².